The molecule has 12 nitrogen and oxygen atoms in total. The lowest BCUT2D eigenvalue weighted by atomic mass is 10.2. The van der Waals surface area contributed by atoms with E-state index in [-0.39, 0.29) is 24.4 Å². The van der Waals surface area contributed by atoms with E-state index in [2.05, 4.69) is 30.7 Å². The van der Waals surface area contributed by atoms with Gasteiger partial charge in [-0.1, -0.05) is 11.2 Å². The number of benzene rings is 1. The molecule has 1 fully saturated rings. The maximum absolute atomic E-state index is 12.5. The molecule has 0 bridgehead atoms. The molecule has 0 radical (unpaired) electrons. The molecule has 2 N–H and O–H groups in total. The highest BCUT2D eigenvalue weighted by Crippen LogP contribution is 2.19. The van der Waals surface area contributed by atoms with E-state index in [0.717, 1.165) is 5.82 Å². The maximum atomic E-state index is 12.5. The zero-order valence-electron chi connectivity index (χ0n) is 19.4. The number of aromatic nitrogens is 3. The summed E-state index contributed by atoms with van der Waals surface area (Å²) < 4.78 is 10.4. The van der Waals surface area contributed by atoms with E-state index >= 15 is 0 Å². The number of nitrogens with one attached hydrogen (secondary N) is 2. The molecule has 1 aliphatic rings. The second kappa shape index (κ2) is 10.6. The Morgan fingerprint density at radius 2 is 1.86 bits per heavy atom. The zero-order chi connectivity index (χ0) is 24.8. The fourth-order valence-corrected chi connectivity index (χ4v) is 3.51. The first-order valence-electron chi connectivity index (χ1n) is 11.1. The quantitative estimate of drug-likeness (QED) is 0.485. The predicted octanol–water partition coefficient (Wildman–Crippen LogP) is 2.31. The van der Waals surface area contributed by atoms with Crippen LogP contribution in [0.1, 0.15) is 34.9 Å². The molecule has 4 rings (SSSR count). The Hall–Kier alpha value is -4.48. The zero-order valence-corrected chi connectivity index (χ0v) is 19.4. The van der Waals surface area contributed by atoms with E-state index in [4.69, 9.17) is 9.15 Å². The predicted molar refractivity (Wildman–Crippen MR) is 127 cm³/mol. The fourth-order valence-electron chi connectivity index (χ4n) is 3.51. The molecule has 1 saturated heterocycles. The normalized spacial score (nSPS) is 13.3. The van der Waals surface area contributed by atoms with Crippen LogP contribution in [0.15, 0.2) is 47.0 Å². The van der Waals surface area contributed by atoms with Gasteiger partial charge in [-0.15, -0.1) is 5.10 Å². The Labute approximate surface area is 201 Å². The van der Waals surface area contributed by atoms with Crippen molar-refractivity contribution in [3.63, 3.8) is 0 Å². The number of anilines is 4. The molecule has 2 aromatic heterocycles. The number of esters is 1. The summed E-state index contributed by atoms with van der Waals surface area (Å²) >= 11 is 0. The summed E-state index contributed by atoms with van der Waals surface area (Å²) in [5, 5.41) is 13.1. The van der Waals surface area contributed by atoms with Crippen LogP contribution in [0.4, 0.5) is 23.2 Å². The Morgan fingerprint density at radius 3 is 2.54 bits per heavy atom. The average molecular weight is 479 g/mol. The van der Waals surface area contributed by atoms with Crippen molar-refractivity contribution in [1.29, 1.82) is 0 Å². The van der Waals surface area contributed by atoms with Gasteiger partial charge in [0.15, 0.2) is 0 Å². The molecule has 0 saturated carbocycles. The van der Waals surface area contributed by atoms with Crippen molar-refractivity contribution in [2.24, 2.45) is 0 Å². The van der Waals surface area contributed by atoms with Crippen molar-refractivity contribution < 1.29 is 23.5 Å². The summed E-state index contributed by atoms with van der Waals surface area (Å²) in [7, 11) is 0. The number of hydrogen-bond acceptors (Lipinski definition) is 10. The first-order chi connectivity index (χ1) is 16.9. The standard InChI is InChI=1S/C23H25N7O5/c1-3-34-22(33)16-5-4-6-17(13-16)26-23-28-27-21(35-23)20(32)25-18-7-8-19(24-14-18)30-11-9-29(10-12-30)15(2)31/h4-8,13-14H,3,9-12H2,1-2H3,(H,25,32)(H,26,28). The number of carbonyl (C=O) groups excluding carboxylic acids is 3. The van der Waals surface area contributed by atoms with E-state index in [1.807, 2.05) is 0 Å². The van der Waals surface area contributed by atoms with Gasteiger partial charge in [0, 0.05) is 38.8 Å². The summed E-state index contributed by atoms with van der Waals surface area (Å²) in [6.07, 6.45) is 1.54. The number of ether oxygens (including phenoxy) is 1. The largest absolute Gasteiger partial charge is 0.462 e. The van der Waals surface area contributed by atoms with E-state index in [1.165, 1.54) is 0 Å². The molecule has 0 spiro atoms. The maximum Gasteiger partial charge on any atom is 0.338 e. The van der Waals surface area contributed by atoms with Gasteiger partial charge in [-0.2, -0.15) is 0 Å². The van der Waals surface area contributed by atoms with Crippen molar-refractivity contribution in [3.8, 4) is 0 Å². The Bertz CT molecular complexity index is 1200. The van der Waals surface area contributed by atoms with E-state index in [9.17, 15) is 14.4 Å². The number of nitrogens with zero attached hydrogens (tertiary/aromatic N) is 5. The minimum Gasteiger partial charge on any atom is -0.462 e. The molecule has 12 heteroatoms. The molecule has 182 valence electrons. The van der Waals surface area contributed by atoms with Crippen molar-refractivity contribution >= 4 is 41.0 Å². The monoisotopic (exact) mass is 479 g/mol. The summed E-state index contributed by atoms with van der Waals surface area (Å²) in [6, 6.07) is 10.1. The molecule has 1 aliphatic heterocycles. The van der Waals surface area contributed by atoms with Crippen LogP contribution in [0.2, 0.25) is 0 Å². The van der Waals surface area contributed by atoms with Crippen molar-refractivity contribution in [2.45, 2.75) is 13.8 Å². The van der Waals surface area contributed by atoms with Gasteiger partial charge in [0.05, 0.1) is 24.1 Å². The smallest absolute Gasteiger partial charge is 0.338 e. The number of rotatable bonds is 7. The molecule has 2 amide bonds. The number of amides is 2. The van der Waals surface area contributed by atoms with E-state index in [1.54, 1.807) is 61.3 Å². The third-order valence-corrected chi connectivity index (χ3v) is 5.30. The van der Waals surface area contributed by atoms with Gasteiger partial charge >= 0.3 is 23.8 Å². The second-order valence-electron chi connectivity index (χ2n) is 7.69. The summed E-state index contributed by atoms with van der Waals surface area (Å²) in [4.78, 5) is 44.2. The van der Waals surface area contributed by atoms with E-state index < -0.39 is 11.9 Å². The molecule has 3 aromatic rings. The SMILES string of the molecule is CCOC(=O)c1cccc(Nc2nnc(C(=O)Nc3ccc(N4CCN(C(C)=O)CC4)nc3)o2)c1. The van der Waals surface area contributed by atoms with Gasteiger partial charge in [-0.25, -0.2) is 9.78 Å². The van der Waals surface area contributed by atoms with Crippen LogP contribution in [0, 0.1) is 0 Å². The molecular formula is C23H25N7O5. The van der Waals surface area contributed by atoms with Crippen LogP contribution < -0.4 is 15.5 Å². The van der Waals surface area contributed by atoms with Gasteiger partial charge in [0.1, 0.15) is 5.82 Å². The molecule has 35 heavy (non-hydrogen) atoms. The summed E-state index contributed by atoms with van der Waals surface area (Å²) in [6.45, 7) is 6.25. The molecule has 3 heterocycles. The van der Waals surface area contributed by atoms with Crippen molar-refractivity contribution in [3.05, 3.63) is 54.0 Å². The Kier molecular flexibility index (Phi) is 7.19. The Morgan fingerprint density at radius 1 is 1.06 bits per heavy atom. The average Bonchev–Trinajstić information content (AvgIpc) is 3.33. The Balaban J connectivity index is 1.33. The lowest BCUT2D eigenvalue weighted by Crippen LogP contribution is -2.48. The van der Waals surface area contributed by atoms with Gasteiger partial charge in [-0.3, -0.25) is 9.59 Å². The number of hydrogen-bond donors (Lipinski definition) is 2. The van der Waals surface area contributed by atoms with Crippen LogP contribution >= 0.6 is 0 Å². The van der Waals surface area contributed by atoms with Crippen LogP contribution in [-0.2, 0) is 9.53 Å². The minimum absolute atomic E-state index is 0.00525. The minimum atomic E-state index is -0.588. The van der Waals surface area contributed by atoms with Gasteiger partial charge in [-0.05, 0) is 37.3 Å². The van der Waals surface area contributed by atoms with Crippen LogP contribution in [0.3, 0.4) is 0 Å². The summed E-state index contributed by atoms with van der Waals surface area (Å²) in [5.41, 5.74) is 1.36. The first-order valence-corrected chi connectivity index (χ1v) is 11.1. The van der Waals surface area contributed by atoms with Crippen LogP contribution in [-0.4, -0.2) is 70.7 Å². The number of carbonyl (C=O) groups is 3. The highest BCUT2D eigenvalue weighted by Gasteiger charge is 2.20. The summed E-state index contributed by atoms with van der Waals surface area (Å²) in [5.74, 6) is -0.436. The molecular weight excluding hydrogens is 454 g/mol. The lowest BCUT2D eigenvalue weighted by molar-refractivity contribution is -0.129. The molecule has 0 aliphatic carbocycles. The van der Waals surface area contributed by atoms with E-state index in [0.29, 0.717) is 43.1 Å². The molecule has 1 aromatic carbocycles. The highest BCUT2D eigenvalue weighted by atomic mass is 16.5. The van der Waals surface area contributed by atoms with Crippen molar-refractivity contribution in [1.82, 2.24) is 20.1 Å². The third-order valence-electron chi connectivity index (χ3n) is 5.30. The highest BCUT2D eigenvalue weighted by molar-refractivity contribution is 6.00. The van der Waals surface area contributed by atoms with Gasteiger partial charge in [0.2, 0.25) is 5.91 Å². The van der Waals surface area contributed by atoms with Crippen molar-refractivity contribution in [2.75, 3.05) is 48.3 Å². The third kappa shape index (κ3) is 5.91. The number of piperazine rings is 1. The molecule has 0 unspecified atom stereocenters. The number of pyridine rings is 1. The van der Waals surface area contributed by atoms with Gasteiger partial charge < -0.3 is 29.6 Å². The molecule has 0 atom stereocenters. The lowest BCUT2D eigenvalue weighted by Gasteiger charge is -2.34. The van der Waals surface area contributed by atoms with Crippen LogP contribution in [0.5, 0.6) is 0 Å². The van der Waals surface area contributed by atoms with Gasteiger partial charge in [0.25, 0.3) is 0 Å². The van der Waals surface area contributed by atoms with Crippen LogP contribution in [0.25, 0.3) is 0 Å². The second-order valence-corrected chi connectivity index (χ2v) is 7.69. The first kappa shape index (κ1) is 23.7. The fraction of sp³-hybridized carbons (Fsp3) is 0.304. The topological polar surface area (TPSA) is 143 Å².